The summed E-state index contributed by atoms with van der Waals surface area (Å²) in [6, 6.07) is 5.16. The Hall–Kier alpha value is -1.85. The molecule has 0 atom stereocenters. The number of aromatic nitrogens is 3. The molecule has 0 saturated heterocycles. The van der Waals surface area contributed by atoms with Crippen LogP contribution in [0.1, 0.15) is 0 Å². The Bertz CT molecular complexity index is 824. The molecule has 0 aliphatic carbocycles. The molecular formula is C13H5Cl2F2N3. The standard InChI is InChI=1S/C13H5Cl2F2N3/c14-8-5-9(16)7(4-10(8)17)13-19-11(15)6-2-1-3-18-12(6)20-13/h1-5H. The third kappa shape index (κ3) is 2.19. The summed E-state index contributed by atoms with van der Waals surface area (Å²) in [5, 5.41) is 0.344. The minimum absolute atomic E-state index is 0.0470. The molecule has 7 heteroatoms. The molecular weight excluding hydrogens is 307 g/mol. The van der Waals surface area contributed by atoms with Gasteiger partial charge in [0, 0.05) is 6.20 Å². The van der Waals surface area contributed by atoms with Crippen molar-refractivity contribution in [1.82, 2.24) is 15.0 Å². The van der Waals surface area contributed by atoms with E-state index in [1.54, 1.807) is 12.1 Å². The van der Waals surface area contributed by atoms with Crippen LogP contribution in [0.4, 0.5) is 8.78 Å². The molecule has 0 bridgehead atoms. The third-order valence-electron chi connectivity index (χ3n) is 2.68. The average molecular weight is 312 g/mol. The van der Waals surface area contributed by atoms with Crippen LogP contribution in [0.15, 0.2) is 30.5 Å². The molecule has 0 unspecified atom stereocenters. The zero-order valence-corrected chi connectivity index (χ0v) is 11.3. The number of hydrogen-bond donors (Lipinski definition) is 0. The molecule has 0 amide bonds. The van der Waals surface area contributed by atoms with E-state index in [9.17, 15) is 8.78 Å². The molecule has 0 spiro atoms. The summed E-state index contributed by atoms with van der Waals surface area (Å²) in [6.45, 7) is 0. The molecule has 0 N–H and O–H groups in total. The summed E-state index contributed by atoms with van der Waals surface area (Å²) >= 11 is 11.5. The fourth-order valence-electron chi connectivity index (χ4n) is 1.74. The number of rotatable bonds is 1. The first-order valence-corrected chi connectivity index (χ1v) is 6.25. The molecule has 1 aromatic carbocycles. The smallest absolute Gasteiger partial charge is 0.166 e. The maximum absolute atomic E-state index is 13.9. The second kappa shape index (κ2) is 4.92. The number of benzene rings is 1. The van der Waals surface area contributed by atoms with Gasteiger partial charge in [-0.05, 0) is 24.3 Å². The summed E-state index contributed by atoms with van der Waals surface area (Å²) in [5.74, 6) is -1.54. The van der Waals surface area contributed by atoms with Gasteiger partial charge in [0.1, 0.15) is 16.8 Å². The first-order valence-electron chi connectivity index (χ1n) is 5.49. The van der Waals surface area contributed by atoms with Crippen molar-refractivity contribution in [2.24, 2.45) is 0 Å². The lowest BCUT2D eigenvalue weighted by Gasteiger charge is -2.06. The van der Waals surface area contributed by atoms with E-state index in [1.165, 1.54) is 6.20 Å². The molecule has 100 valence electrons. The molecule has 0 aliphatic heterocycles. The van der Waals surface area contributed by atoms with E-state index in [1.807, 2.05) is 0 Å². The zero-order chi connectivity index (χ0) is 14.3. The van der Waals surface area contributed by atoms with Crippen LogP contribution < -0.4 is 0 Å². The molecule has 3 nitrogen and oxygen atoms in total. The second-order valence-corrected chi connectivity index (χ2v) is 4.72. The average Bonchev–Trinajstić information content (AvgIpc) is 2.43. The molecule has 0 radical (unpaired) electrons. The Labute approximate surface area is 122 Å². The van der Waals surface area contributed by atoms with Crippen molar-refractivity contribution >= 4 is 34.2 Å². The number of nitrogens with zero attached hydrogens (tertiary/aromatic N) is 3. The number of halogens is 4. The van der Waals surface area contributed by atoms with Gasteiger partial charge in [0.2, 0.25) is 0 Å². The highest BCUT2D eigenvalue weighted by molar-refractivity contribution is 6.34. The van der Waals surface area contributed by atoms with E-state index in [-0.39, 0.29) is 21.6 Å². The van der Waals surface area contributed by atoms with E-state index in [0.717, 1.165) is 12.1 Å². The van der Waals surface area contributed by atoms with Gasteiger partial charge in [-0.1, -0.05) is 23.2 Å². The quantitative estimate of drug-likeness (QED) is 0.497. The van der Waals surface area contributed by atoms with Crippen LogP contribution in [0, 0.1) is 11.6 Å². The number of fused-ring (bicyclic) bond motifs is 1. The van der Waals surface area contributed by atoms with Gasteiger partial charge in [-0.2, -0.15) is 0 Å². The second-order valence-electron chi connectivity index (χ2n) is 3.96. The van der Waals surface area contributed by atoms with Crippen molar-refractivity contribution in [2.75, 3.05) is 0 Å². The van der Waals surface area contributed by atoms with Crippen molar-refractivity contribution in [2.45, 2.75) is 0 Å². The van der Waals surface area contributed by atoms with Gasteiger partial charge in [-0.3, -0.25) is 0 Å². The van der Waals surface area contributed by atoms with Gasteiger partial charge >= 0.3 is 0 Å². The highest BCUT2D eigenvalue weighted by Crippen LogP contribution is 2.28. The Balaban J connectivity index is 2.27. The van der Waals surface area contributed by atoms with Crippen molar-refractivity contribution in [1.29, 1.82) is 0 Å². The van der Waals surface area contributed by atoms with Crippen molar-refractivity contribution in [3.8, 4) is 11.4 Å². The predicted octanol–water partition coefficient (Wildman–Crippen LogP) is 4.28. The molecule has 0 saturated carbocycles. The van der Waals surface area contributed by atoms with Gasteiger partial charge in [-0.25, -0.2) is 23.7 Å². The monoisotopic (exact) mass is 311 g/mol. The molecule has 2 aromatic heterocycles. The first kappa shape index (κ1) is 13.1. The van der Waals surface area contributed by atoms with Crippen LogP contribution in [0.2, 0.25) is 10.2 Å². The van der Waals surface area contributed by atoms with Crippen LogP contribution in [0.5, 0.6) is 0 Å². The topological polar surface area (TPSA) is 38.7 Å². The van der Waals surface area contributed by atoms with Crippen molar-refractivity contribution < 1.29 is 8.78 Å². The number of pyridine rings is 1. The minimum Gasteiger partial charge on any atom is -0.236 e. The predicted molar refractivity (Wildman–Crippen MR) is 72.7 cm³/mol. The Morgan fingerprint density at radius 3 is 2.60 bits per heavy atom. The summed E-state index contributed by atoms with van der Waals surface area (Å²) < 4.78 is 27.3. The molecule has 20 heavy (non-hydrogen) atoms. The van der Waals surface area contributed by atoms with Crippen LogP contribution in [-0.2, 0) is 0 Å². The fraction of sp³-hybridized carbons (Fsp3) is 0. The van der Waals surface area contributed by atoms with E-state index in [4.69, 9.17) is 23.2 Å². The lowest BCUT2D eigenvalue weighted by atomic mass is 10.2. The highest BCUT2D eigenvalue weighted by Gasteiger charge is 2.15. The van der Waals surface area contributed by atoms with E-state index in [2.05, 4.69) is 15.0 Å². The van der Waals surface area contributed by atoms with E-state index in [0.29, 0.717) is 11.0 Å². The van der Waals surface area contributed by atoms with Crippen LogP contribution >= 0.6 is 23.2 Å². The van der Waals surface area contributed by atoms with Crippen LogP contribution in [0.3, 0.4) is 0 Å². The third-order valence-corrected chi connectivity index (χ3v) is 3.25. The normalized spacial score (nSPS) is 11.0. The van der Waals surface area contributed by atoms with E-state index < -0.39 is 11.6 Å². The van der Waals surface area contributed by atoms with Gasteiger partial charge in [0.05, 0.1) is 16.0 Å². The maximum Gasteiger partial charge on any atom is 0.166 e. The van der Waals surface area contributed by atoms with Gasteiger partial charge in [0.15, 0.2) is 11.5 Å². The molecule has 0 fully saturated rings. The minimum atomic E-state index is -0.760. The summed E-state index contributed by atoms with van der Waals surface area (Å²) in [4.78, 5) is 12.1. The van der Waals surface area contributed by atoms with Crippen LogP contribution in [-0.4, -0.2) is 15.0 Å². The van der Waals surface area contributed by atoms with Crippen LogP contribution in [0.25, 0.3) is 22.4 Å². The van der Waals surface area contributed by atoms with Gasteiger partial charge < -0.3 is 0 Å². The first-order chi connectivity index (χ1) is 9.56. The largest absolute Gasteiger partial charge is 0.236 e. The lowest BCUT2D eigenvalue weighted by molar-refractivity contribution is 0.602. The summed E-state index contributed by atoms with van der Waals surface area (Å²) in [6.07, 6.45) is 1.52. The Morgan fingerprint density at radius 1 is 1.00 bits per heavy atom. The van der Waals surface area contributed by atoms with Crippen molar-refractivity contribution in [3.05, 3.63) is 52.3 Å². The zero-order valence-electron chi connectivity index (χ0n) is 9.74. The SMILES string of the molecule is Fc1cc(-c2nc(Cl)c3cccnc3n2)c(F)cc1Cl. The fourth-order valence-corrected chi connectivity index (χ4v) is 2.12. The molecule has 3 aromatic rings. The Morgan fingerprint density at radius 2 is 1.80 bits per heavy atom. The van der Waals surface area contributed by atoms with E-state index >= 15 is 0 Å². The number of hydrogen-bond acceptors (Lipinski definition) is 3. The molecule has 3 rings (SSSR count). The maximum atomic E-state index is 13.9. The summed E-state index contributed by atoms with van der Waals surface area (Å²) in [7, 11) is 0. The lowest BCUT2D eigenvalue weighted by Crippen LogP contribution is -1.96. The Kier molecular flexibility index (Phi) is 3.23. The summed E-state index contributed by atoms with van der Waals surface area (Å²) in [5.41, 5.74) is 0.179. The van der Waals surface area contributed by atoms with Gasteiger partial charge in [-0.15, -0.1) is 0 Å². The molecule has 2 heterocycles. The molecule has 0 aliphatic rings. The van der Waals surface area contributed by atoms with Gasteiger partial charge in [0.25, 0.3) is 0 Å². The van der Waals surface area contributed by atoms with Crippen molar-refractivity contribution in [3.63, 3.8) is 0 Å². The highest BCUT2D eigenvalue weighted by atomic mass is 35.5.